The van der Waals surface area contributed by atoms with Gasteiger partial charge < -0.3 is 15.0 Å². The zero-order valence-corrected chi connectivity index (χ0v) is 25.1. The van der Waals surface area contributed by atoms with E-state index >= 15 is 0 Å². The van der Waals surface area contributed by atoms with Crippen molar-refractivity contribution in [2.75, 3.05) is 18.0 Å². The molecule has 9 heteroatoms. The maximum Gasteiger partial charge on any atom is 0.264 e. The van der Waals surface area contributed by atoms with Crippen LogP contribution in [-0.4, -0.2) is 50.4 Å². The molecule has 0 aliphatic heterocycles. The predicted octanol–water partition coefficient (Wildman–Crippen LogP) is 4.84. The number of carbonyl (C=O) groups excluding carboxylic acids is 2. The van der Waals surface area contributed by atoms with E-state index in [9.17, 15) is 18.0 Å². The first kappa shape index (κ1) is 30.7. The van der Waals surface area contributed by atoms with Crippen molar-refractivity contribution in [2.24, 2.45) is 0 Å². The number of nitrogens with one attached hydrogen (secondary N) is 1. The van der Waals surface area contributed by atoms with Crippen LogP contribution in [0.5, 0.6) is 5.75 Å². The van der Waals surface area contributed by atoms with Gasteiger partial charge in [0.15, 0.2) is 0 Å². The molecular weight excluding hydrogens is 526 g/mol. The summed E-state index contributed by atoms with van der Waals surface area (Å²) in [5.41, 5.74) is 2.27. The van der Waals surface area contributed by atoms with Crippen LogP contribution >= 0.6 is 0 Å². The molecule has 3 aromatic carbocycles. The number of sulfonamides is 1. The van der Waals surface area contributed by atoms with Crippen molar-refractivity contribution < 1.29 is 22.7 Å². The highest BCUT2D eigenvalue weighted by molar-refractivity contribution is 7.92. The first-order valence-corrected chi connectivity index (χ1v) is 14.6. The van der Waals surface area contributed by atoms with Crippen molar-refractivity contribution >= 4 is 27.5 Å². The maximum absolute atomic E-state index is 14.1. The van der Waals surface area contributed by atoms with Gasteiger partial charge in [0.1, 0.15) is 18.3 Å². The van der Waals surface area contributed by atoms with E-state index in [-0.39, 0.29) is 17.3 Å². The summed E-state index contributed by atoms with van der Waals surface area (Å²) in [5.74, 6) is -0.242. The second-order valence-corrected chi connectivity index (χ2v) is 12.7. The lowest BCUT2D eigenvalue weighted by Gasteiger charge is -2.34. The Kier molecular flexibility index (Phi) is 9.63. The number of nitrogens with zero attached hydrogens (tertiary/aromatic N) is 2. The third-order valence-corrected chi connectivity index (χ3v) is 8.38. The van der Waals surface area contributed by atoms with E-state index in [1.165, 1.54) is 17.0 Å². The first-order chi connectivity index (χ1) is 18.7. The van der Waals surface area contributed by atoms with Crippen LogP contribution in [-0.2, 0) is 26.2 Å². The van der Waals surface area contributed by atoms with Crippen molar-refractivity contribution in [1.82, 2.24) is 10.2 Å². The Balaban J connectivity index is 2.08. The zero-order valence-electron chi connectivity index (χ0n) is 24.3. The van der Waals surface area contributed by atoms with Crippen LogP contribution < -0.4 is 14.4 Å². The number of hydrogen-bond acceptors (Lipinski definition) is 5. The third-order valence-electron chi connectivity index (χ3n) is 6.61. The third kappa shape index (κ3) is 7.41. The molecule has 0 saturated carbocycles. The van der Waals surface area contributed by atoms with Crippen LogP contribution in [0, 0.1) is 13.8 Å². The minimum atomic E-state index is -4.11. The quantitative estimate of drug-likeness (QED) is 0.380. The molecule has 8 nitrogen and oxygen atoms in total. The lowest BCUT2D eigenvalue weighted by Crippen LogP contribution is -2.54. The maximum atomic E-state index is 14.1. The molecule has 0 heterocycles. The summed E-state index contributed by atoms with van der Waals surface area (Å²) >= 11 is 0. The van der Waals surface area contributed by atoms with Crippen LogP contribution in [0.2, 0.25) is 0 Å². The highest BCUT2D eigenvalue weighted by Gasteiger charge is 2.34. The van der Waals surface area contributed by atoms with Gasteiger partial charge in [-0.15, -0.1) is 0 Å². The molecule has 214 valence electrons. The fourth-order valence-corrected chi connectivity index (χ4v) is 5.76. The molecule has 40 heavy (non-hydrogen) atoms. The molecule has 3 aromatic rings. The predicted molar refractivity (Wildman–Crippen MR) is 158 cm³/mol. The van der Waals surface area contributed by atoms with Crippen LogP contribution in [0.25, 0.3) is 0 Å². The van der Waals surface area contributed by atoms with E-state index in [2.05, 4.69) is 5.32 Å². The Morgan fingerprint density at radius 2 is 1.60 bits per heavy atom. The molecule has 1 N–H and O–H groups in total. The number of carbonyl (C=O) groups is 2. The summed E-state index contributed by atoms with van der Waals surface area (Å²) in [6.45, 7) is 10.5. The highest BCUT2D eigenvalue weighted by atomic mass is 32.2. The fraction of sp³-hybridized carbons (Fsp3) is 0.355. The summed E-state index contributed by atoms with van der Waals surface area (Å²) in [6.07, 6.45) is 0. The van der Waals surface area contributed by atoms with E-state index in [0.717, 1.165) is 21.0 Å². The van der Waals surface area contributed by atoms with E-state index in [0.29, 0.717) is 11.4 Å². The number of rotatable bonds is 10. The smallest absolute Gasteiger partial charge is 0.264 e. The summed E-state index contributed by atoms with van der Waals surface area (Å²) in [6, 6.07) is 19.7. The van der Waals surface area contributed by atoms with Crippen molar-refractivity contribution in [3.63, 3.8) is 0 Å². The molecule has 0 aliphatic rings. The number of anilines is 1. The second-order valence-electron chi connectivity index (χ2n) is 10.8. The normalized spacial score (nSPS) is 12.4. The highest BCUT2D eigenvalue weighted by Crippen LogP contribution is 2.29. The summed E-state index contributed by atoms with van der Waals surface area (Å²) < 4.78 is 34.4. The van der Waals surface area contributed by atoms with Crippen LogP contribution in [0.1, 0.15) is 44.4 Å². The average molecular weight is 566 g/mol. The van der Waals surface area contributed by atoms with Gasteiger partial charge in [-0.05, 0) is 88.6 Å². The molecule has 1 atom stereocenters. The van der Waals surface area contributed by atoms with Gasteiger partial charge in [0.2, 0.25) is 11.8 Å². The molecule has 0 radical (unpaired) electrons. The molecule has 2 amide bonds. The molecule has 0 spiro atoms. The van der Waals surface area contributed by atoms with Gasteiger partial charge in [-0.2, -0.15) is 0 Å². The molecular formula is C31H39N3O5S. The van der Waals surface area contributed by atoms with E-state index in [4.69, 9.17) is 4.74 Å². The molecule has 0 bridgehead atoms. The number of amides is 2. The van der Waals surface area contributed by atoms with Gasteiger partial charge in [0.05, 0.1) is 17.7 Å². The monoisotopic (exact) mass is 565 g/mol. The number of methoxy groups -OCH3 is 1. The van der Waals surface area contributed by atoms with Gasteiger partial charge in [0, 0.05) is 12.1 Å². The zero-order chi connectivity index (χ0) is 29.7. The van der Waals surface area contributed by atoms with Crippen LogP contribution in [0.3, 0.4) is 0 Å². The van der Waals surface area contributed by atoms with Gasteiger partial charge >= 0.3 is 0 Å². The summed E-state index contributed by atoms with van der Waals surface area (Å²) in [5, 5.41) is 2.93. The first-order valence-electron chi connectivity index (χ1n) is 13.1. The SMILES string of the molecule is COc1cccc(CN(C(=O)CN(c2cccc(C)c2C)S(=O)(=O)c2ccccc2)[C@@H](C)C(=O)NC(C)(C)C)c1. The number of aryl methyl sites for hydroxylation is 1. The Labute approximate surface area is 238 Å². The number of benzene rings is 3. The minimum absolute atomic E-state index is 0.0709. The number of ether oxygens (including phenoxy) is 1. The van der Waals surface area contributed by atoms with Gasteiger partial charge in [-0.3, -0.25) is 13.9 Å². The molecule has 0 aromatic heterocycles. The topological polar surface area (TPSA) is 96.0 Å². The van der Waals surface area contributed by atoms with Crippen LogP contribution in [0.4, 0.5) is 5.69 Å². The Morgan fingerprint density at radius 3 is 2.23 bits per heavy atom. The largest absolute Gasteiger partial charge is 0.497 e. The van der Waals surface area contributed by atoms with Crippen molar-refractivity contribution in [3.8, 4) is 5.75 Å². The summed E-state index contributed by atoms with van der Waals surface area (Å²) in [4.78, 5) is 28.8. The van der Waals surface area contributed by atoms with E-state index < -0.39 is 34.1 Å². The fourth-order valence-electron chi connectivity index (χ4n) is 4.26. The average Bonchev–Trinajstić information content (AvgIpc) is 2.91. The van der Waals surface area contributed by atoms with Gasteiger partial charge in [0.25, 0.3) is 10.0 Å². The van der Waals surface area contributed by atoms with Crippen molar-refractivity contribution in [3.05, 3.63) is 89.5 Å². The van der Waals surface area contributed by atoms with Gasteiger partial charge in [-0.1, -0.05) is 42.5 Å². The van der Waals surface area contributed by atoms with E-state index in [1.54, 1.807) is 62.6 Å². The number of hydrogen-bond donors (Lipinski definition) is 1. The van der Waals surface area contributed by atoms with Crippen LogP contribution in [0.15, 0.2) is 77.7 Å². The molecule has 0 unspecified atom stereocenters. The Morgan fingerprint density at radius 1 is 0.950 bits per heavy atom. The van der Waals surface area contributed by atoms with Crippen molar-refractivity contribution in [1.29, 1.82) is 0 Å². The second kappa shape index (κ2) is 12.6. The van der Waals surface area contributed by atoms with E-state index in [1.807, 2.05) is 46.8 Å². The lowest BCUT2D eigenvalue weighted by molar-refractivity contribution is -0.140. The van der Waals surface area contributed by atoms with Crippen molar-refractivity contribution in [2.45, 2.75) is 64.6 Å². The standard InChI is InChI=1S/C31H39N3O5S/c1-22-13-11-18-28(23(22)2)34(40(37,38)27-16-9-8-10-17-27)21-29(35)33(24(3)30(36)32-31(4,5)6)20-25-14-12-15-26(19-25)39-7/h8-19,24H,20-21H2,1-7H3,(H,32,36)/t24-/m0/s1. The minimum Gasteiger partial charge on any atom is -0.497 e. The molecule has 0 fully saturated rings. The Hall–Kier alpha value is -3.85. The molecule has 0 saturated heterocycles. The summed E-state index contributed by atoms with van der Waals surface area (Å²) in [7, 11) is -2.56. The lowest BCUT2D eigenvalue weighted by atomic mass is 10.1. The Bertz CT molecular complexity index is 1450. The van der Waals surface area contributed by atoms with Gasteiger partial charge in [-0.25, -0.2) is 8.42 Å². The molecule has 3 rings (SSSR count). The molecule has 0 aliphatic carbocycles.